The molecule has 2 N–H and O–H groups in total. The van der Waals surface area contributed by atoms with Crippen LogP contribution in [0.2, 0.25) is 5.02 Å². The Morgan fingerprint density at radius 3 is 2.59 bits per heavy atom. The van der Waals surface area contributed by atoms with Crippen molar-refractivity contribution in [3.05, 3.63) is 28.8 Å². The number of benzene rings is 1. The van der Waals surface area contributed by atoms with Crippen LogP contribution < -0.4 is 10.3 Å². The average Bonchev–Trinajstić information content (AvgIpc) is 2.25. The Kier molecular flexibility index (Phi) is 4.33. The Morgan fingerprint density at radius 2 is 2.06 bits per heavy atom. The van der Waals surface area contributed by atoms with E-state index in [0.29, 0.717) is 0 Å². The zero-order valence-electron chi connectivity index (χ0n) is 9.15. The van der Waals surface area contributed by atoms with Crippen LogP contribution in [0.25, 0.3) is 0 Å². The Bertz CT molecular complexity index is 530. The summed E-state index contributed by atoms with van der Waals surface area (Å²) >= 11 is 5.80. The third-order valence-corrected chi connectivity index (χ3v) is 3.58. The molecule has 0 atom stereocenters. The van der Waals surface area contributed by atoms with E-state index in [1.54, 1.807) is 13.0 Å². The molecule has 0 aliphatic carbocycles. The van der Waals surface area contributed by atoms with Crippen LogP contribution in [0.4, 0.5) is 4.79 Å². The van der Waals surface area contributed by atoms with E-state index >= 15 is 0 Å². The zero-order valence-corrected chi connectivity index (χ0v) is 10.7. The first kappa shape index (κ1) is 13.8. The summed E-state index contributed by atoms with van der Waals surface area (Å²) in [6.07, 6.45) is -0.920. The Hall–Kier alpha value is -1.31. The lowest BCUT2D eigenvalue weighted by molar-refractivity contribution is 0.169. The number of ether oxygens (including phenoxy) is 1. The molecule has 0 unspecified atom stereocenters. The van der Waals surface area contributed by atoms with Gasteiger partial charge in [0.05, 0.1) is 12.1 Å². The smallest absolute Gasteiger partial charge is 0.422 e. The molecule has 0 spiro atoms. The summed E-state index contributed by atoms with van der Waals surface area (Å²) in [6, 6.07) is 4.45. The summed E-state index contributed by atoms with van der Waals surface area (Å²) in [6.45, 7) is 1.78. The number of nitrogens with one attached hydrogen (secondary N) is 2. The molecule has 0 heterocycles. The highest BCUT2D eigenvalue weighted by molar-refractivity contribution is 7.89. The Balaban J connectivity index is 2.94. The van der Waals surface area contributed by atoms with E-state index < -0.39 is 16.1 Å². The van der Waals surface area contributed by atoms with Crippen LogP contribution in [0.3, 0.4) is 0 Å². The summed E-state index contributed by atoms with van der Waals surface area (Å²) in [5.74, 6) is 0. The van der Waals surface area contributed by atoms with E-state index in [9.17, 15) is 13.2 Å². The lowest BCUT2D eigenvalue weighted by atomic mass is 10.2. The van der Waals surface area contributed by atoms with Gasteiger partial charge in [-0.05, 0) is 24.6 Å². The number of methoxy groups -OCH3 is 1. The standard InChI is InChI=1S/C9H11ClN2O4S/c1-6-3-4-8(7(10)5-6)17(14,15)12-11-9(13)16-2/h3-5,12H,1-2H3,(H,11,13). The number of rotatable bonds is 3. The van der Waals surface area contributed by atoms with Gasteiger partial charge in [-0.1, -0.05) is 17.7 Å². The van der Waals surface area contributed by atoms with Crippen molar-refractivity contribution in [3.8, 4) is 0 Å². The van der Waals surface area contributed by atoms with Gasteiger partial charge in [0.15, 0.2) is 0 Å². The second-order valence-corrected chi connectivity index (χ2v) is 5.21. The molecule has 1 amide bonds. The van der Waals surface area contributed by atoms with Crippen LogP contribution in [0, 0.1) is 6.92 Å². The van der Waals surface area contributed by atoms with Crippen LogP contribution in [0.15, 0.2) is 23.1 Å². The van der Waals surface area contributed by atoms with Gasteiger partial charge in [-0.25, -0.2) is 18.6 Å². The van der Waals surface area contributed by atoms with E-state index in [1.807, 2.05) is 10.3 Å². The molecule has 6 nitrogen and oxygen atoms in total. The number of hydrogen-bond donors (Lipinski definition) is 2. The van der Waals surface area contributed by atoms with Gasteiger partial charge in [0.25, 0.3) is 10.0 Å². The Morgan fingerprint density at radius 1 is 1.41 bits per heavy atom. The summed E-state index contributed by atoms with van der Waals surface area (Å²) in [5, 5.41) is 0.0733. The molecule has 0 aliphatic rings. The quantitative estimate of drug-likeness (QED) is 0.814. The highest BCUT2D eigenvalue weighted by atomic mass is 35.5. The van der Waals surface area contributed by atoms with Crippen molar-refractivity contribution in [2.24, 2.45) is 0 Å². The molecular formula is C9H11ClN2O4S. The number of hydrogen-bond acceptors (Lipinski definition) is 4. The maximum Gasteiger partial charge on any atom is 0.422 e. The lowest BCUT2D eigenvalue weighted by Gasteiger charge is -2.09. The number of hydrazine groups is 1. The fourth-order valence-electron chi connectivity index (χ4n) is 1.04. The first-order valence-corrected chi connectivity index (χ1v) is 6.35. The molecule has 0 saturated heterocycles. The van der Waals surface area contributed by atoms with Crippen LogP contribution in [0.5, 0.6) is 0 Å². The molecule has 1 aromatic carbocycles. The van der Waals surface area contributed by atoms with E-state index in [1.165, 1.54) is 12.1 Å². The van der Waals surface area contributed by atoms with Crippen molar-refractivity contribution in [1.29, 1.82) is 0 Å². The predicted molar refractivity (Wildman–Crippen MR) is 62.1 cm³/mol. The summed E-state index contributed by atoms with van der Waals surface area (Å²) in [4.78, 5) is 12.5. The topological polar surface area (TPSA) is 84.5 Å². The normalized spacial score (nSPS) is 11.0. The number of aryl methyl sites for hydroxylation is 1. The van der Waals surface area contributed by atoms with Gasteiger partial charge in [-0.15, -0.1) is 4.83 Å². The molecule has 94 valence electrons. The minimum atomic E-state index is -3.91. The molecule has 0 bridgehead atoms. The van der Waals surface area contributed by atoms with E-state index in [-0.39, 0.29) is 9.92 Å². The van der Waals surface area contributed by atoms with Gasteiger partial charge < -0.3 is 4.74 Å². The molecule has 0 fully saturated rings. The first-order chi connectivity index (χ1) is 7.86. The van der Waals surface area contributed by atoms with Crippen molar-refractivity contribution in [2.45, 2.75) is 11.8 Å². The van der Waals surface area contributed by atoms with E-state index in [2.05, 4.69) is 4.74 Å². The van der Waals surface area contributed by atoms with Gasteiger partial charge in [-0.3, -0.25) is 0 Å². The number of halogens is 1. The van der Waals surface area contributed by atoms with Crippen LogP contribution in [-0.2, 0) is 14.8 Å². The largest absolute Gasteiger partial charge is 0.452 e. The fourth-order valence-corrected chi connectivity index (χ4v) is 2.47. The second-order valence-electron chi connectivity index (χ2n) is 3.16. The number of sulfonamides is 1. The summed E-state index contributed by atoms with van der Waals surface area (Å²) in [7, 11) is -2.79. The van der Waals surface area contributed by atoms with Gasteiger partial charge >= 0.3 is 6.09 Å². The molecule has 0 radical (unpaired) electrons. The van der Waals surface area contributed by atoms with Crippen LogP contribution in [0.1, 0.15) is 5.56 Å². The number of amides is 1. The van der Waals surface area contributed by atoms with Crippen molar-refractivity contribution in [1.82, 2.24) is 10.3 Å². The van der Waals surface area contributed by atoms with Gasteiger partial charge in [-0.2, -0.15) is 0 Å². The number of carbonyl (C=O) groups is 1. The third kappa shape index (κ3) is 3.58. The van der Waals surface area contributed by atoms with Gasteiger partial charge in [0, 0.05) is 0 Å². The SMILES string of the molecule is COC(=O)NNS(=O)(=O)c1ccc(C)cc1Cl. The molecule has 17 heavy (non-hydrogen) atoms. The fraction of sp³-hybridized carbons (Fsp3) is 0.222. The molecule has 1 rings (SSSR count). The molecule has 1 aromatic rings. The highest BCUT2D eigenvalue weighted by Gasteiger charge is 2.18. The zero-order chi connectivity index (χ0) is 13.1. The van der Waals surface area contributed by atoms with Crippen molar-refractivity contribution < 1.29 is 17.9 Å². The molecule has 8 heteroatoms. The van der Waals surface area contributed by atoms with E-state index in [0.717, 1.165) is 12.7 Å². The van der Waals surface area contributed by atoms with E-state index in [4.69, 9.17) is 11.6 Å². The number of carbonyl (C=O) groups excluding carboxylic acids is 1. The maximum absolute atomic E-state index is 11.7. The minimum absolute atomic E-state index is 0.0733. The van der Waals surface area contributed by atoms with Gasteiger partial charge in [0.1, 0.15) is 4.90 Å². The molecule has 0 saturated carbocycles. The monoisotopic (exact) mass is 278 g/mol. The second kappa shape index (κ2) is 5.35. The van der Waals surface area contributed by atoms with Crippen molar-refractivity contribution in [3.63, 3.8) is 0 Å². The minimum Gasteiger partial charge on any atom is -0.452 e. The lowest BCUT2D eigenvalue weighted by Crippen LogP contribution is -2.41. The van der Waals surface area contributed by atoms with Crippen molar-refractivity contribution in [2.75, 3.05) is 7.11 Å². The summed E-state index contributed by atoms with van der Waals surface area (Å²) < 4.78 is 27.7. The Labute approximate surface area is 104 Å². The summed E-state index contributed by atoms with van der Waals surface area (Å²) in [5.41, 5.74) is 2.68. The van der Waals surface area contributed by atoms with Gasteiger partial charge in [0.2, 0.25) is 0 Å². The first-order valence-electron chi connectivity index (χ1n) is 4.49. The van der Waals surface area contributed by atoms with Crippen molar-refractivity contribution >= 4 is 27.7 Å². The third-order valence-electron chi connectivity index (χ3n) is 1.85. The molecule has 0 aliphatic heterocycles. The average molecular weight is 279 g/mol. The van der Waals surface area contributed by atoms with Crippen LogP contribution in [-0.4, -0.2) is 21.6 Å². The highest BCUT2D eigenvalue weighted by Crippen LogP contribution is 2.21. The maximum atomic E-state index is 11.7. The molecule has 0 aromatic heterocycles. The molecular weight excluding hydrogens is 268 g/mol. The predicted octanol–water partition coefficient (Wildman–Crippen LogP) is 1.20. The van der Waals surface area contributed by atoms with Crippen LogP contribution >= 0.6 is 11.6 Å².